The molecule has 3 aromatic rings. The van der Waals surface area contributed by atoms with Crippen LogP contribution in [0.2, 0.25) is 0 Å². The number of esters is 1. The number of ether oxygens (including phenoxy) is 2. The van der Waals surface area contributed by atoms with E-state index in [4.69, 9.17) is 9.47 Å². The van der Waals surface area contributed by atoms with E-state index in [9.17, 15) is 14.0 Å². The summed E-state index contributed by atoms with van der Waals surface area (Å²) in [5, 5.41) is 11.3. The highest BCUT2D eigenvalue weighted by Crippen LogP contribution is 2.22. The summed E-state index contributed by atoms with van der Waals surface area (Å²) in [6.07, 6.45) is 1.49. The smallest absolute Gasteiger partial charge is 0.307 e. The molecule has 1 atom stereocenters. The molecular formula is C21H21FN4O4S. The molecule has 1 unspecified atom stereocenters. The Labute approximate surface area is 182 Å². The maximum atomic E-state index is 13.2. The van der Waals surface area contributed by atoms with Crippen molar-refractivity contribution in [3.05, 3.63) is 66.2 Å². The number of carbonyl (C=O) groups is 2. The first-order valence-corrected chi connectivity index (χ1v) is 10.3. The van der Waals surface area contributed by atoms with Crippen molar-refractivity contribution in [3.8, 4) is 11.4 Å². The van der Waals surface area contributed by atoms with Crippen LogP contribution in [-0.4, -0.2) is 46.6 Å². The number of benzene rings is 2. The summed E-state index contributed by atoms with van der Waals surface area (Å²) in [4.78, 5) is 24.3. The normalized spacial score (nSPS) is 11.6. The van der Waals surface area contributed by atoms with Gasteiger partial charge < -0.3 is 14.8 Å². The Kier molecular flexibility index (Phi) is 7.60. The number of halogens is 1. The predicted octanol–water partition coefficient (Wildman–Crippen LogP) is 2.93. The van der Waals surface area contributed by atoms with Gasteiger partial charge >= 0.3 is 5.97 Å². The zero-order chi connectivity index (χ0) is 22.2. The summed E-state index contributed by atoms with van der Waals surface area (Å²) in [5.74, 6) is -0.425. The number of methoxy groups -OCH3 is 2. The quantitative estimate of drug-likeness (QED) is 0.400. The maximum Gasteiger partial charge on any atom is 0.307 e. The van der Waals surface area contributed by atoms with E-state index in [0.717, 1.165) is 11.4 Å². The molecule has 0 spiro atoms. The van der Waals surface area contributed by atoms with Gasteiger partial charge in [-0.15, -0.1) is 10.2 Å². The van der Waals surface area contributed by atoms with Gasteiger partial charge in [0.15, 0.2) is 5.16 Å². The molecule has 1 N–H and O–H groups in total. The van der Waals surface area contributed by atoms with Gasteiger partial charge in [-0.25, -0.2) is 4.39 Å². The van der Waals surface area contributed by atoms with Crippen molar-refractivity contribution < 1.29 is 23.5 Å². The first kappa shape index (κ1) is 22.3. The minimum Gasteiger partial charge on any atom is -0.497 e. The minimum absolute atomic E-state index is 0.0493. The summed E-state index contributed by atoms with van der Waals surface area (Å²) in [6, 6.07) is 12.3. The molecular weight excluding hydrogens is 423 g/mol. The average molecular weight is 444 g/mol. The summed E-state index contributed by atoms with van der Waals surface area (Å²) in [6.45, 7) is 0. The number of rotatable bonds is 9. The second kappa shape index (κ2) is 10.6. The highest BCUT2D eigenvalue weighted by molar-refractivity contribution is 7.99. The van der Waals surface area contributed by atoms with Gasteiger partial charge in [0.25, 0.3) is 0 Å². The molecule has 31 heavy (non-hydrogen) atoms. The summed E-state index contributed by atoms with van der Waals surface area (Å²) in [5.41, 5.74) is 1.43. The standard InChI is InChI=1S/C21H21FN4O4S/c1-29-17-9-7-16(8-10-17)26-13-23-25-21(26)31-12-19(27)24-18(11-20(28)30-2)14-3-5-15(22)6-4-14/h3-10,13,18H,11-12H2,1-2H3,(H,24,27). The van der Waals surface area contributed by atoms with Crippen LogP contribution >= 0.6 is 11.8 Å². The molecule has 2 aromatic carbocycles. The van der Waals surface area contributed by atoms with Crippen molar-refractivity contribution in [1.82, 2.24) is 20.1 Å². The monoisotopic (exact) mass is 444 g/mol. The lowest BCUT2D eigenvalue weighted by atomic mass is 10.0. The van der Waals surface area contributed by atoms with E-state index in [0.29, 0.717) is 10.7 Å². The van der Waals surface area contributed by atoms with Gasteiger partial charge in [0.2, 0.25) is 5.91 Å². The lowest BCUT2D eigenvalue weighted by molar-refractivity contribution is -0.141. The molecule has 3 rings (SSSR count). The van der Waals surface area contributed by atoms with Crippen molar-refractivity contribution in [3.63, 3.8) is 0 Å². The topological polar surface area (TPSA) is 95.3 Å². The Morgan fingerprint density at radius 3 is 2.48 bits per heavy atom. The SMILES string of the molecule is COC(=O)CC(NC(=O)CSc1nncn1-c1ccc(OC)cc1)c1ccc(F)cc1. The number of carbonyl (C=O) groups excluding carboxylic acids is 2. The van der Waals surface area contributed by atoms with Gasteiger partial charge in [0, 0.05) is 5.69 Å². The lowest BCUT2D eigenvalue weighted by Gasteiger charge is -2.18. The maximum absolute atomic E-state index is 13.2. The number of nitrogens with zero attached hydrogens (tertiary/aromatic N) is 3. The second-order valence-corrected chi connectivity index (χ2v) is 7.36. The third-order valence-electron chi connectivity index (χ3n) is 4.41. The molecule has 0 bridgehead atoms. The Morgan fingerprint density at radius 1 is 1.13 bits per heavy atom. The molecule has 10 heteroatoms. The van der Waals surface area contributed by atoms with Gasteiger partial charge in [-0.2, -0.15) is 0 Å². The minimum atomic E-state index is -0.638. The summed E-state index contributed by atoms with van der Waals surface area (Å²) in [7, 11) is 2.86. The predicted molar refractivity (Wildman–Crippen MR) is 113 cm³/mol. The zero-order valence-corrected chi connectivity index (χ0v) is 17.8. The van der Waals surface area contributed by atoms with E-state index >= 15 is 0 Å². The lowest BCUT2D eigenvalue weighted by Crippen LogP contribution is -2.31. The molecule has 0 aliphatic heterocycles. The van der Waals surface area contributed by atoms with Crippen LogP contribution in [-0.2, 0) is 14.3 Å². The molecule has 0 saturated carbocycles. The zero-order valence-electron chi connectivity index (χ0n) is 16.9. The van der Waals surface area contributed by atoms with Gasteiger partial charge in [0.05, 0.1) is 32.4 Å². The second-order valence-electron chi connectivity index (χ2n) is 6.42. The summed E-state index contributed by atoms with van der Waals surface area (Å²) < 4.78 is 24.9. The Hall–Kier alpha value is -3.40. The fourth-order valence-corrected chi connectivity index (χ4v) is 3.55. The third kappa shape index (κ3) is 6.05. The van der Waals surface area contributed by atoms with E-state index in [-0.39, 0.29) is 18.1 Å². The van der Waals surface area contributed by atoms with E-state index in [1.165, 1.54) is 43.1 Å². The van der Waals surface area contributed by atoms with Crippen LogP contribution in [0.4, 0.5) is 4.39 Å². The number of nitrogens with one attached hydrogen (secondary N) is 1. The number of aromatic nitrogens is 3. The van der Waals surface area contributed by atoms with Crippen molar-refractivity contribution in [2.24, 2.45) is 0 Å². The van der Waals surface area contributed by atoms with E-state index < -0.39 is 17.8 Å². The first-order chi connectivity index (χ1) is 15.0. The number of amides is 1. The Bertz CT molecular complexity index is 1020. The molecule has 0 aliphatic rings. The van der Waals surface area contributed by atoms with Crippen LogP contribution in [0, 0.1) is 5.82 Å². The first-order valence-electron chi connectivity index (χ1n) is 9.29. The van der Waals surface area contributed by atoms with Crippen LogP contribution in [0.25, 0.3) is 5.69 Å². The largest absolute Gasteiger partial charge is 0.497 e. The van der Waals surface area contributed by atoms with Crippen molar-refractivity contribution in [1.29, 1.82) is 0 Å². The Balaban J connectivity index is 1.66. The van der Waals surface area contributed by atoms with Crippen LogP contribution in [0.5, 0.6) is 5.75 Å². The van der Waals surface area contributed by atoms with Gasteiger partial charge in [-0.05, 0) is 42.0 Å². The molecule has 0 saturated heterocycles. The van der Waals surface area contributed by atoms with Gasteiger partial charge in [0.1, 0.15) is 17.9 Å². The third-order valence-corrected chi connectivity index (χ3v) is 5.35. The molecule has 8 nitrogen and oxygen atoms in total. The van der Waals surface area contributed by atoms with Crippen molar-refractivity contribution in [2.45, 2.75) is 17.6 Å². The fraction of sp³-hybridized carbons (Fsp3) is 0.238. The number of hydrogen-bond donors (Lipinski definition) is 1. The van der Waals surface area contributed by atoms with Crippen molar-refractivity contribution >= 4 is 23.6 Å². The van der Waals surface area contributed by atoms with Crippen LogP contribution in [0.15, 0.2) is 60.0 Å². The van der Waals surface area contributed by atoms with Gasteiger partial charge in [-0.3, -0.25) is 14.2 Å². The van der Waals surface area contributed by atoms with Crippen molar-refractivity contribution in [2.75, 3.05) is 20.0 Å². The highest BCUT2D eigenvalue weighted by Gasteiger charge is 2.20. The molecule has 162 valence electrons. The molecule has 1 aromatic heterocycles. The van der Waals surface area contributed by atoms with Crippen LogP contribution in [0.3, 0.4) is 0 Å². The van der Waals surface area contributed by atoms with Crippen LogP contribution < -0.4 is 10.1 Å². The number of thioether (sulfide) groups is 1. The summed E-state index contributed by atoms with van der Waals surface area (Å²) >= 11 is 1.20. The molecule has 1 heterocycles. The van der Waals surface area contributed by atoms with Gasteiger partial charge in [-0.1, -0.05) is 23.9 Å². The number of hydrogen-bond acceptors (Lipinski definition) is 7. The Morgan fingerprint density at radius 2 is 1.84 bits per heavy atom. The fourth-order valence-electron chi connectivity index (χ4n) is 2.81. The highest BCUT2D eigenvalue weighted by atomic mass is 32.2. The van der Waals surface area contributed by atoms with Crippen LogP contribution in [0.1, 0.15) is 18.0 Å². The van der Waals surface area contributed by atoms with E-state index in [1.54, 1.807) is 18.0 Å². The van der Waals surface area contributed by atoms with E-state index in [2.05, 4.69) is 15.5 Å². The van der Waals surface area contributed by atoms with E-state index in [1.807, 2.05) is 24.3 Å². The molecule has 1 amide bonds. The molecule has 0 aliphatic carbocycles. The molecule has 0 radical (unpaired) electrons. The molecule has 0 fully saturated rings. The average Bonchev–Trinajstić information content (AvgIpc) is 3.26.